The number of thioether (sulfide) groups is 1. The van der Waals surface area contributed by atoms with E-state index in [1.54, 1.807) is 19.4 Å². The van der Waals surface area contributed by atoms with Crippen LogP contribution in [0.2, 0.25) is 0 Å². The van der Waals surface area contributed by atoms with Crippen molar-refractivity contribution in [1.29, 1.82) is 0 Å². The lowest BCUT2D eigenvalue weighted by molar-refractivity contribution is 0.407. The van der Waals surface area contributed by atoms with Crippen LogP contribution < -0.4 is 10.5 Å². The lowest BCUT2D eigenvalue weighted by Gasteiger charge is -2.30. The Morgan fingerprint density at radius 3 is 2.92 bits per heavy atom. The van der Waals surface area contributed by atoms with Crippen molar-refractivity contribution in [3.63, 3.8) is 0 Å². The molecular formula is C18H19BrFN3OS. The zero-order chi connectivity index (χ0) is 18.0. The number of nitrogens with two attached hydrogens (primary N) is 1. The van der Waals surface area contributed by atoms with Crippen LogP contribution in [0.4, 0.5) is 4.39 Å². The SMILES string of the molecule is COc1cc(Br)cnc1Cc1ccc(F)c([C@]2(C)CCSC(N)=N2)c1. The van der Waals surface area contributed by atoms with Crippen molar-refractivity contribution in [3.05, 3.63) is 57.6 Å². The Labute approximate surface area is 159 Å². The second-order valence-electron chi connectivity index (χ2n) is 6.12. The molecule has 0 saturated carbocycles. The number of rotatable bonds is 4. The van der Waals surface area contributed by atoms with Crippen LogP contribution in [0.3, 0.4) is 0 Å². The third-order valence-corrected chi connectivity index (χ3v) is 5.52. The molecule has 2 N–H and O–H groups in total. The highest BCUT2D eigenvalue weighted by Crippen LogP contribution is 2.37. The molecule has 2 aromatic rings. The summed E-state index contributed by atoms with van der Waals surface area (Å²) in [5.74, 6) is 1.27. The maximum Gasteiger partial charge on any atom is 0.154 e. The maximum absolute atomic E-state index is 14.5. The minimum absolute atomic E-state index is 0.259. The van der Waals surface area contributed by atoms with Gasteiger partial charge in [0.15, 0.2) is 5.17 Å². The van der Waals surface area contributed by atoms with Gasteiger partial charge in [0.05, 0.1) is 18.3 Å². The molecule has 0 bridgehead atoms. The Bertz CT molecular complexity index is 830. The van der Waals surface area contributed by atoms with Gasteiger partial charge in [-0.2, -0.15) is 0 Å². The van der Waals surface area contributed by atoms with Crippen molar-refractivity contribution in [2.75, 3.05) is 12.9 Å². The fraction of sp³-hybridized carbons (Fsp3) is 0.333. The number of benzene rings is 1. The van der Waals surface area contributed by atoms with E-state index in [1.807, 2.05) is 19.1 Å². The lowest BCUT2D eigenvalue weighted by atomic mass is 9.87. The van der Waals surface area contributed by atoms with Crippen molar-refractivity contribution in [1.82, 2.24) is 4.98 Å². The molecule has 7 heteroatoms. The van der Waals surface area contributed by atoms with Gasteiger partial charge < -0.3 is 10.5 Å². The molecule has 132 valence electrons. The van der Waals surface area contributed by atoms with E-state index < -0.39 is 5.54 Å². The number of aliphatic imine (C=N–C) groups is 1. The molecular weight excluding hydrogens is 405 g/mol. The topological polar surface area (TPSA) is 60.5 Å². The van der Waals surface area contributed by atoms with Gasteiger partial charge in [0.1, 0.15) is 11.6 Å². The average molecular weight is 424 g/mol. The number of hydrogen-bond acceptors (Lipinski definition) is 5. The van der Waals surface area contributed by atoms with Gasteiger partial charge >= 0.3 is 0 Å². The van der Waals surface area contributed by atoms with Crippen LogP contribution >= 0.6 is 27.7 Å². The summed E-state index contributed by atoms with van der Waals surface area (Å²) in [5.41, 5.74) is 7.57. The van der Waals surface area contributed by atoms with Crippen LogP contribution in [0.25, 0.3) is 0 Å². The van der Waals surface area contributed by atoms with Crippen LogP contribution in [0.1, 0.15) is 30.2 Å². The minimum atomic E-state index is -0.632. The first-order valence-electron chi connectivity index (χ1n) is 7.87. The first-order chi connectivity index (χ1) is 11.9. The zero-order valence-electron chi connectivity index (χ0n) is 14.1. The third kappa shape index (κ3) is 3.98. The molecule has 0 unspecified atom stereocenters. The van der Waals surface area contributed by atoms with E-state index in [4.69, 9.17) is 10.5 Å². The molecule has 0 aliphatic carbocycles. The smallest absolute Gasteiger partial charge is 0.154 e. The van der Waals surface area contributed by atoms with Crippen molar-refractivity contribution >= 4 is 32.9 Å². The largest absolute Gasteiger partial charge is 0.495 e. The Hall–Kier alpha value is -1.60. The standard InChI is InChI=1S/C18H19BrFN3OS/c1-18(5-6-25-17(21)23-18)13-7-11(3-4-14(13)20)8-15-16(24-2)9-12(19)10-22-15/h3-4,7,9-10H,5-6,8H2,1-2H3,(H2,21,23)/t18-/m0/s1. The molecule has 1 aromatic carbocycles. The fourth-order valence-corrected chi connectivity index (χ4v) is 4.21. The van der Waals surface area contributed by atoms with Crippen molar-refractivity contribution in [3.8, 4) is 5.75 Å². The van der Waals surface area contributed by atoms with Crippen LogP contribution in [0, 0.1) is 5.82 Å². The summed E-state index contributed by atoms with van der Waals surface area (Å²) in [5, 5.41) is 0.509. The molecule has 4 nitrogen and oxygen atoms in total. The van der Waals surface area contributed by atoms with Crippen molar-refractivity contribution in [2.24, 2.45) is 10.7 Å². The Balaban J connectivity index is 1.96. The normalized spacial score (nSPS) is 20.2. The second-order valence-corrected chi connectivity index (χ2v) is 8.15. The monoisotopic (exact) mass is 423 g/mol. The predicted octanol–water partition coefficient (Wildman–Crippen LogP) is 4.25. The highest BCUT2D eigenvalue weighted by molar-refractivity contribution is 9.10. The summed E-state index contributed by atoms with van der Waals surface area (Å²) in [6.45, 7) is 1.93. The molecule has 25 heavy (non-hydrogen) atoms. The van der Waals surface area contributed by atoms with E-state index in [2.05, 4.69) is 25.9 Å². The molecule has 1 aromatic heterocycles. The number of halogens is 2. The summed E-state index contributed by atoms with van der Waals surface area (Å²) in [7, 11) is 1.61. The van der Waals surface area contributed by atoms with E-state index in [9.17, 15) is 4.39 Å². The number of nitrogens with zero attached hydrogens (tertiary/aromatic N) is 2. The summed E-state index contributed by atoms with van der Waals surface area (Å²) >= 11 is 4.90. The second kappa shape index (κ2) is 7.33. The Morgan fingerprint density at radius 2 is 2.20 bits per heavy atom. The average Bonchev–Trinajstić information content (AvgIpc) is 2.57. The molecule has 1 atom stereocenters. The van der Waals surface area contributed by atoms with Gasteiger partial charge in [-0.25, -0.2) is 4.39 Å². The van der Waals surface area contributed by atoms with Gasteiger partial charge in [-0.1, -0.05) is 23.9 Å². The van der Waals surface area contributed by atoms with Crippen LogP contribution in [0.15, 0.2) is 39.9 Å². The van der Waals surface area contributed by atoms with E-state index in [-0.39, 0.29) is 5.82 Å². The maximum atomic E-state index is 14.5. The van der Waals surface area contributed by atoms with E-state index >= 15 is 0 Å². The first kappa shape index (κ1) is 18.2. The molecule has 0 fully saturated rings. The Morgan fingerprint density at radius 1 is 1.40 bits per heavy atom. The molecule has 1 aliphatic rings. The highest BCUT2D eigenvalue weighted by Gasteiger charge is 2.32. The van der Waals surface area contributed by atoms with E-state index in [0.717, 1.165) is 27.9 Å². The van der Waals surface area contributed by atoms with E-state index in [0.29, 0.717) is 22.9 Å². The number of aromatic nitrogens is 1. The lowest BCUT2D eigenvalue weighted by Crippen LogP contribution is -2.29. The molecule has 2 heterocycles. The van der Waals surface area contributed by atoms with Gasteiger partial charge in [0.2, 0.25) is 0 Å². The number of pyridine rings is 1. The molecule has 0 saturated heterocycles. The van der Waals surface area contributed by atoms with Gasteiger partial charge in [-0.05, 0) is 47.0 Å². The summed E-state index contributed by atoms with van der Waals surface area (Å²) < 4.78 is 20.7. The number of methoxy groups -OCH3 is 1. The van der Waals surface area contributed by atoms with Gasteiger partial charge in [-0.15, -0.1) is 0 Å². The zero-order valence-corrected chi connectivity index (χ0v) is 16.5. The summed E-state index contributed by atoms with van der Waals surface area (Å²) in [6.07, 6.45) is 3.03. The molecule has 1 aliphatic heterocycles. The van der Waals surface area contributed by atoms with Crippen LogP contribution in [0.5, 0.6) is 5.75 Å². The number of ether oxygens (including phenoxy) is 1. The van der Waals surface area contributed by atoms with Gasteiger partial charge in [0.25, 0.3) is 0 Å². The Kier molecular flexibility index (Phi) is 5.34. The molecule has 3 rings (SSSR count). The van der Waals surface area contributed by atoms with Gasteiger partial charge in [0, 0.05) is 28.4 Å². The minimum Gasteiger partial charge on any atom is -0.495 e. The van der Waals surface area contributed by atoms with Gasteiger partial charge in [-0.3, -0.25) is 9.98 Å². The van der Waals surface area contributed by atoms with Crippen LogP contribution in [-0.2, 0) is 12.0 Å². The third-order valence-electron chi connectivity index (χ3n) is 4.30. The van der Waals surface area contributed by atoms with Crippen LogP contribution in [-0.4, -0.2) is 23.0 Å². The molecule has 0 radical (unpaired) electrons. The molecule has 0 amide bonds. The first-order valence-corrected chi connectivity index (χ1v) is 9.64. The number of amidine groups is 1. The van der Waals surface area contributed by atoms with Crippen molar-refractivity contribution < 1.29 is 9.13 Å². The predicted molar refractivity (Wildman–Crippen MR) is 104 cm³/mol. The summed E-state index contributed by atoms with van der Waals surface area (Å²) in [6, 6.07) is 7.01. The van der Waals surface area contributed by atoms with E-state index in [1.165, 1.54) is 17.8 Å². The molecule has 0 spiro atoms. The number of hydrogen-bond donors (Lipinski definition) is 1. The fourth-order valence-electron chi connectivity index (χ4n) is 2.93. The van der Waals surface area contributed by atoms with Crippen molar-refractivity contribution in [2.45, 2.75) is 25.3 Å². The quantitative estimate of drug-likeness (QED) is 0.798. The summed E-state index contributed by atoms with van der Waals surface area (Å²) in [4.78, 5) is 8.93. The highest BCUT2D eigenvalue weighted by atomic mass is 79.9.